The van der Waals surface area contributed by atoms with Crippen LogP contribution in [0.5, 0.6) is 0 Å². The Hall–Kier alpha value is -0.710. The largest absolute Gasteiger partial charge is 0.373 e. The molecule has 0 spiro atoms. The predicted molar refractivity (Wildman–Crippen MR) is 60.0 cm³/mol. The molecule has 1 aliphatic heterocycles. The number of nitrogens with zero attached hydrogens (tertiary/aromatic N) is 2. The molecule has 1 atom stereocenters. The van der Waals surface area contributed by atoms with Crippen LogP contribution in [0.4, 0.5) is 0 Å². The van der Waals surface area contributed by atoms with E-state index in [1.807, 2.05) is 12.4 Å². The van der Waals surface area contributed by atoms with Crippen LogP contribution in [0.15, 0.2) is 12.4 Å². The Morgan fingerprint density at radius 2 is 2.13 bits per heavy atom. The van der Waals surface area contributed by atoms with Crippen molar-refractivity contribution in [3.8, 4) is 0 Å². The van der Waals surface area contributed by atoms with Crippen LogP contribution in [-0.2, 0) is 11.2 Å². The molecule has 1 aromatic heterocycles. The number of hydrogen-bond donors (Lipinski definition) is 1. The highest BCUT2D eigenvalue weighted by molar-refractivity contribution is 5.85. The summed E-state index contributed by atoms with van der Waals surface area (Å²) in [6.45, 7) is 1.45. The molecule has 0 amide bonds. The summed E-state index contributed by atoms with van der Waals surface area (Å²) in [5.41, 5.74) is 6.50. The fourth-order valence-electron chi connectivity index (χ4n) is 1.63. The third-order valence-corrected chi connectivity index (χ3v) is 2.39. The van der Waals surface area contributed by atoms with E-state index in [1.54, 1.807) is 0 Å². The lowest BCUT2D eigenvalue weighted by molar-refractivity contribution is 0.111. The molecule has 0 saturated carbocycles. The Morgan fingerprint density at radius 1 is 1.40 bits per heavy atom. The normalized spacial score (nSPS) is 19.9. The van der Waals surface area contributed by atoms with Gasteiger partial charge in [0.15, 0.2) is 0 Å². The zero-order valence-corrected chi connectivity index (χ0v) is 9.37. The molecule has 1 aliphatic rings. The lowest BCUT2D eigenvalue weighted by Gasteiger charge is -2.08. The van der Waals surface area contributed by atoms with Gasteiger partial charge in [0.25, 0.3) is 0 Å². The number of rotatable bonds is 3. The maximum atomic E-state index is 5.53. The van der Waals surface area contributed by atoms with Gasteiger partial charge in [0.1, 0.15) is 5.82 Å². The molecule has 1 aromatic rings. The van der Waals surface area contributed by atoms with Crippen molar-refractivity contribution in [2.75, 3.05) is 13.2 Å². The highest BCUT2D eigenvalue weighted by Crippen LogP contribution is 2.27. The molecule has 0 radical (unpaired) electrons. The Kier molecular flexibility index (Phi) is 4.94. The van der Waals surface area contributed by atoms with Gasteiger partial charge in [0.05, 0.1) is 6.10 Å². The van der Waals surface area contributed by atoms with Gasteiger partial charge in [0, 0.05) is 31.0 Å². The van der Waals surface area contributed by atoms with Crippen LogP contribution in [0.2, 0.25) is 0 Å². The van der Waals surface area contributed by atoms with Crippen LogP contribution in [0.1, 0.15) is 30.3 Å². The monoisotopic (exact) mass is 229 g/mol. The second-order valence-corrected chi connectivity index (χ2v) is 3.47. The lowest BCUT2D eigenvalue weighted by Crippen LogP contribution is -2.07. The van der Waals surface area contributed by atoms with Gasteiger partial charge in [-0.25, -0.2) is 9.97 Å². The average molecular weight is 230 g/mol. The van der Waals surface area contributed by atoms with E-state index in [9.17, 15) is 0 Å². The molecule has 5 heteroatoms. The van der Waals surface area contributed by atoms with E-state index < -0.39 is 0 Å². The minimum atomic E-state index is 0. The molecule has 1 saturated heterocycles. The van der Waals surface area contributed by atoms with Crippen LogP contribution in [-0.4, -0.2) is 23.1 Å². The Balaban J connectivity index is 0.00000112. The minimum Gasteiger partial charge on any atom is -0.373 e. The molecule has 0 bridgehead atoms. The number of hydrogen-bond acceptors (Lipinski definition) is 4. The molecular formula is C10H16ClN3O. The molecule has 4 nitrogen and oxygen atoms in total. The maximum Gasteiger partial charge on any atom is 0.129 e. The molecule has 0 aliphatic carbocycles. The molecule has 84 valence electrons. The third kappa shape index (κ3) is 3.12. The topological polar surface area (TPSA) is 61.0 Å². The fourth-order valence-corrected chi connectivity index (χ4v) is 1.63. The zero-order chi connectivity index (χ0) is 9.80. The van der Waals surface area contributed by atoms with Crippen LogP contribution >= 0.6 is 12.4 Å². The minimum absolute atomic E-state index is 0. The number of halogens is 1. The highest BCUT2D eigenvalue weighted by Gasteiger charge is 2.17. The summed E-state index contributed by atoms with van der Waals surface area (Å²) >= 11 is 0. The van der Waals surface area contributed by atoms with E-state index >= 15 is 0 Å². The summed E-state index contributed by atoms with van der Waals surface area (Å²) in [6, 6.07) is 0. The van der Waals surface area contributed by atoms with Crippen molar-refractivity contribution in [3.63, 3.8) is 0 Å². The first-order valence-electron chi connectivity index (χ1n) is 5.02. The Morgan fingerprint density at radius 3 is 2.67 bits per heavy atom. The smallest absolute Gasteiger partial charge is 0.129 e. The lowest BCUT2D eigenvalue weighted by atomic mass is 10.1. The quantitative estimate of drug-likeness (QED) is 0.848. The molecule has 2 heterocycles. The van der Waals surface area contributed by atoms with Crippen LogP contribution in [0.25, 0.3) is 0 Å². The van der Waals surface area contributed by atoms with Gasteiger partial charge < -0.3 is 10.5 Å². The van der Waals surface area contributed by atoms with E-state index in [0.29, 0.717) is 6.54 Å². The molecule has 15 heavy (non-hydrogen) atoms. The third-order valence-electron chi connectivity index (χ3n) is 2.39. The summed E-state index contributed by atoms with van der Waals surface area (Å²) in [7, 11) is 0. The Labute approximate surface area is 95.7 Å². The van der Waals surface area contributed by atoms with Gasteiger partial charge in [-0.3, -0.25) is 0 Å². The summed E-state index contributed by atoms with van der Waals surface area (Å²) in [4.78, 5) is 8.48. The van der Waals surface area contributed by atoms with Crippen molar-refractivity contribution in [1.82, 2.24) is 9.97 Å². The van der Waals surface area contributed by atoms with Gasteiger partial charge in [-0.2, -0.15) is 0 Å². The van der Waals surface area contributed by atoms with Gasteiger partial charge in [-0.05, 0) is 19.4 Å². The number of aromatic nitrogens is 2. The van der Waals surface area contributed by atoms with Gasteiger partial charge in [-0.15, -0.1) is 12.4 Å². The standard InChI is InChI=1S/C10H15N3O.ClH/c11-4-3-10-12-6-8(7-13-10)9-2-1-5-14-9;/h6-7,9H,1-5,11H2;1H. The second kappa shape index (κ2) is 6.00. The maximum absolute atomic E-state index is 5.53. The molecule has 2 rings (SSSR count). The summed E-state index contributed by atoms with van der Waals surface area (Å²) < 4.78 is 5.53. The van der Waals surface area contributed by atoms with Crippen molar-refractivity contribution < 1.29 is 4.74 Å². The van der Waals surface area contributed by atoms with Crippen LogP contribution in [0, 0.1) is 0 Å². The van der Waals surface area contributed by atoms with E-state index in [0.717, 1.165) is 37.3 Å². The van der Waals surface area contributed by atoms with Crippen molar-refractivity contribution in [1.29, 1.82) is 0 Å². The van der Waals surface area contributed by atoms with Crippen molar-refractivity contribution in [2.24, 2.45) is 5.73 Å². The SMILES string of the molecule is Cl.NCCc1ncc(C2CCCO2)cn1. The summed E-state index contributed by atoms with van der Waals surface area (Å²) in [5.74, 6) is 0.814. The van der Waals surface area contributed by atoms with Crippen molar-refractivity contribution in [2.45, 2.75) is 25.4 Å². The number of ether oxygens (including phenoxy) is 1. The van der Waals surface area contributed by atoms with E-state index in [2.05, 4.69) is 9.97 Å². The fraction of sp³-hybridized carbons (Fsp3) is 0.600. The molecule has 2 N–H and O–H groups in total. The van der Waals surface area contributed by atoms with Crippen LogP contribution in [0.3, 0.4) is 0 Å². The van der Waals surface area contributed by atoms with Gasteiger partial charge in [-0.1, -0.05) is 0 Å². The first-order chi connectivity index (χ1) is 6.90. The Bertz CT molecular complexity index is 285. The van der Waals surface area contributed by atoms with E-state index in [-0.39, 0.29) is 18.5 Å². The first kappa shape index (κ1) is 12.4. The van der Waals surface area contributed by atoms with Crippen molar-refractivity contribution >= 4 is 12.4 Å². The molecule has 1 unspecified atom stereocenters. The first-order valence-corrected chi connectivity index (χ1v) is 5.02. The average Bonchev–Trinajstić information content (AvgIpc) is 2.72. The predicted octanol–water partition coefficient (Wildman–Crippen LogP) is 1.25. The molecular weight excluding hydrogens is 214 g/mol. The summed E-state index contributed by atoms with van der Waals surface area (Å²) in [6.07, 6.45) is 6.88. The molecule has 0 aromatic carbocycles. The van der Waals surface area contributed by atoms with Gasteiger partial charge >= 0.3 is 0 Å². The van der Waals surface area contributed by atoms with E-state index in [1.165, 1.54) is 0 Å². The van der Waals surface area contributed by atoms with Crippen molar-refractivity contribution in [3.05, 3.63) is 23.8 Å². The van der Waals surface area contributed by atoms with E-state index in [4.69, 9.17) is 10.5 Å². The summed E-state index contributed by atoms with van der Waals surface area (Å²) in [5, 5.41) is 0. The van der Waals surface area contributed by atoms with Crippen LogP contribution < -0.4 is 5.73 Å². The van der Waals surface area contributed by atoms with Gasteiger partial charge in [0.2, 0.25) is 0 Å². The zero-order valence-electron chi connectivity index (χ0n) is 8.56. The number of nitrogens with two attached hydrogens (primary N) is 1. The second-order valence-electron chi connectivity index (χ2n) is 3.47. The molecule has 1 fully saturated rings. The highest BCUT2D eigenvalue weighted by atomic mass is 35.5.